The zero-order chi connectivity index (χ0) is 20.9. The fraction of sp³-hybridized carbons (Fsp3) is 0.650. The van der Waals surface area contributed by atoms with Crippen molar-refractivity contribution in [3.63, 3.8) is 0 Å². The molecule has 4 nitrogen and oxygen atoms in total. The van der Waals surface area contributed by atoms with Crippen LogP contribution in [0.3, 0.4) is 0 Å². The van der Waals surface area contributed by atoms with E-state index in [9.17, 15) is 27.5 Å². The van der Waals surface area contributed by atoms with Crippen molar-refractivity contribution in [3.8, 4) is 0 Å². The lowest BCUT2D eigenvalue weighted by Gasteiger charge is -2.52. The highest BCUT2D eigenvalue weighted by molar-refractivity contribution is 5.69. The highest BCUT2D eigenvalue weighted by Crippen LogP contribution is 2.46. The quantitative estimate of drug-likeness (QED) is 0.673. The fourth-order valence-corrected chi connectivity index (χ4v) is 4.30. The Morgan fingerprint density at radius 2 is 1.71 bits per heavy atom. The standard InChI is InChI=1S/C20H25F4NO3/c1-18(2,3)28-17(26)25-15-5-4-6-16(25)11-19(27,10-15)12-7-13(20(22,23)24)9-14(21)8-12/h7-9,15-16,27H,4-6,10-11H2,1-3H3. The number of fused-ring (bicyclic) bond motifs is 2. The van der Waals surface area contributed by atoms with Crippen LogP contribution in [-0.4, -0.2) is 33.8 Å². The van der Waals surface area contributed by atoms with Gasteiger partial charge in [0.05, 0.1) is 11.2 Å². The molecule has 2 heterocycles. The summed E-state index contributed by atoms with van der Waals surface area (Å²) in [4.78, 5) is 14.2. The second-order valence-electron chi connectivity index (χ2n) is 8.79. The van der Waals surface area contributed by atoms with E-state index in [4.69, 9.17) is 4.74 Å². The van der Waals surface area contributed by atoms with Gasteiger partial charge in [0.25, 0.3) is 0 Å². The molecule has 2 saturated heterocycles. The molecule has 0 radical (unpaired) electrons. The molecule has 2 aliphatic rings. The molecule has 0 saturated carbocycles. The monoisotopic (exact) mass is 403 g/mol. The number of carbonyl (C=O) groups excluding carboxylic acids is 1. The van der Waals surface area contributed by atoms with Gasteiger partial charge in [-0.1, -0.05) is 0 Å². The Morgan fingerprint density at radius 3 is 2.21 bits per heavy atom. The predicted octanol–water partition coefficient (Wildman–Crippen LogP) is 4.98. The van der Waals surface area contributed by atoms with Crippen LogP contribution in [0.25, 0.3) is 0 Å². The van der Waals surface area contributed by atoms with Crippen LogP contribution in [0.1, 0.15) is 64.0 Å². The van der Waals surface area contributed by atoms with Crippen LogP contribution in [0.5, 0.6) is 0 Å². The summed E-state index contributed by atoms with van der Waals surface area (Å²) < 4.78 is 58.6. The molecular weight excluding hydrogens is 378 g/mol. The van der Waals surface area contributed by atoms with Gasteiger partial charge in [0, 0.05) is 24.9 Å². The van der Waals surface area contributed by atoms with Crippen molar-refractivity contribution in [1.29, 1.82) is 0 Å². The molecule has 2 bridgehead atoms. The van der Waals surface area contributed by atoms with Crippen LogP contribution in [0.15, 0.2) is 18.2 Å². The molecule has 2 atom stereocenters. The minimum atomic E-state index is -4.71. The maximum Gasteiger partial charge on any atom is 0.416 e. The summed E-state index contributed by atoms with van der Waals surface area (Å²) in [6.45, 7) is 5.27. The smallest absolute Gasteiger partial charge is 0.416 e. The zero-order valence-electron chi connectivity index (χ0n) is 16.1. The minimum absolute atomic E-state index is 0.0451. The average Bonchev–Trinajstić information content (AvgIpc) is 2.50. The molecule has 1 amide bonds. The summed E-state index contributed by atoms with van der Waals surface area (Å²) in [6, 6.07) is 1.44. The number of hydrogen-bond acceptors (Lipinski definition) is 3. The van der Waals surface area contributed by atoms with Crippen LogP contribution >= 0.6 is 0 Å². The number of halogens is 4. The third-order valence-electron chi connectivity index (χ3n) is 5.37. The van der Waals surface area contributed by atoms with Gasteiger partial charge in [-0.05, 0) is 63.8 Å². The number of nitrogens with zero attached hydrogens (tertiary/aromatic N) is 1. The van der Waals surface area contributed by atoms with Crippen molar-refractivity contribution in [2.24, 2.45) is 0 Å². The van der Waals surface area contributed by atoms with Crippen molar-refractivity contribution in [1.82, 2.24) is 4.90 Å². The van der Waals surface area contributed by atoms with Gasteiger partial charge >= 0.3 is 12.3 Å². The number of piperidine rings is 2. The molecule has 1 N–H and O–H groups in total. The van der Waals surface area contributed by atoms with Gasteiger partial charge in [0.1, 0.15) is 11.4 Å². The lowest BCUT2D eigenvalue weighted by Crippen LogP contribution is -2.59. The molecule has 2 fully saturated rings. The zero-order valence-corrected chi connectivity index (χ0v) is 16.1. The predicted molar refractivity (Wildman–Crippen MR) is 94.0 cm³/mol. The Hall–Kier alpha value is -1.83. The normalized spacial score (nSPS) is 28.2. The lowest BCUT2D eigenvalue weighted by atomic mass is 9.72. The highest BCUT2D eigenvalue weighted by Gasteiger charge is 2.49. The van der Waals surface area contributed by atoms with Crippen molar-refractivity contribution in [3.05, 3.63) is 35.1 Å². The summed E-state index contributed by atoms with van der Waals surface area (Å²) in [5.41, 5.74) is -3.53. The Balaban J connectivity index is 1.91. The van der Waals surface area contributed by atoms with Crippen LogP contribution in [0, 0.1) is 5.82 Å². The first kappa shape index (κ1) is 20.9. The number of aliphatic hydroxyl groups is 1. The maximum absolute atomic E-state index is 13.9. The number of amides is 1. The topological polar surface area (TPSA) is 49.8 Å². The third kappa shape index (κ3) is 4.26. The molecule has 0 aromatic heterocycles. The van der Waals surface area contributed by atoms with E-state index in [0.29, 0.717) is 18.9 Å². The molecule has 1 aromatic carbocycles. The Morgan fingerprint density at radius 1 is 1.14 bits per heavy atom. The number of carbonyl (C=O) groups is 1. The molecule has 8 heteroatoms. The average molecular weight is 403 g/mol. The van der Waals surface area contributed by atoms with E-state index in [1.165, 1.54) is 0 Å². The number of benzene rings is 1. The number of ether oxygens (including phenoxy) is 1. The van der Waals surface area contributed by atoms with E-state index in [0.717, 1.165) is 18.6 Å². The molecule has 2 unspecified atom stereocenters. The van der Waals surface area contributed by atoms with E-state index in [1.54, 1.807) is 25.7 Å². The highest BCUT2D eigenvalue weighted by atomic mass is 19.4. The van der Waals surface area contributed by atoms with Gasteiger partial charge in [-0.25, -0.2) is 9.18 Å². The Bertz CT molecular complexity index is 743. The van der Waals surface area contributed by atoms with E-state index in [1.807, 2.05) is 0 Å². The van der Waals surface area contributed by atoms with Gasteiger partial charge < -0.3 is 14.7 Å². The van der Waals surface area contributed by atoms with Gasteiger partial charge in [0.2, 0.25) is 0 Å². The second-order valence-corrected chi connectivity index (χ2v) is 8.79. The van der Waals surface area contributed by atoms with Crippen molar-refractivity contribution in [2.45, 2.75) is 82.3 Å². The van der Waals surface area contributed by atoms with Gasteiger partial charge in [-0.15, -0.1) is 0 Å². The molecule has 0 aliphatic carbocycles. The summed E-state index contributed by atoms with van der Waals surface area (Å²) in [5, 5.41) is 11.2. The van der Waals surface area contributed by atoms with Crippen LogP contribution in [-0.2, 0) is 16.5 Å². The maximum atomic E-state index is 13.9. The molecule has 2 aliphatic heterocycles. The minimum Gasteiger partial charge on any atom is -0.444 e. The first-order valence-electron chi connectivity index (χ1n) is 9.40. The van der Waals surface area contributed by atoms with Gasteiger partial charge in [0.15, 0.2) is 0 Å². The first-order chi connectivity index (χ1) is 12.8. The van der Waals surface area contributed by atoms with Crippen molar-refractivity contribution >= 4 is 6.09 Å². The fourth-order valence-electron chi connectivity index (χ4n) is 4.30. The van der Waals surface area contributed by atoms with Crippen LogP contribution in [0.2, 0.25) is 0 Å². The van der Waals surface area contributed by atoms with E-state index in [2.05, 4.69) is 0 Å². The van der Waals surface area contributed by atoms with E-state index in [-0.39, 0.29) is 30.5 Å². The number of rotatable bonds is 1. The Kier molecular flexibility index (Phi) is 5.15. The number of hydrogen-bond donors (Lipinski definition) is 1. The SMILES string of the molecule is CC(C)(C)OC(=O)N1C2CCCC1CC(O)(c1cc(F)cc(C(F)(F)F)c1)C2. The summed E-state index contributed by atoms with van der Waals surface area (Å²) in [5.74, 6) is -1.04. The summed E-state index contributed by atoms with van der Waals surface area (Å²) in [6.07, 6.45) is -3.03. The molecule has 3 rings (SSSR count). The summed E-state index contributed by atoms with van der Waals surface area (Å²) >= 11 is 0. The van der Waals surface area contributed by atoms with Crippen molar-refractivity contribution in [2.75, 3.05) is 0 Å². The summed E-state index contributed by atoms with van der Waals surface area (Å²) in [7, 11) is 0. The Labute approximate surface area is 161 Å². The largest absolute Gasteiger partial charge is 0.444 e. The molecule has 156 valence electrons. The second kappa shape index (κ2) is 6.90. The number of alkyl halides is 3. The van der Waals surface area contributed by atoms with Gasteiger partial charge in [-0.2, -0.15) is 13.2 Å². The molecule has 1 aromatic rings. The van der Waals surface area contributed by atoms with Crippen LogP contribution < -0.4 is 0 Å². The first-order valence-corrected chi connectivity index (χ1v) is 9.40. The van der Waals surface area contributed by atoms with E-state index >= 15 is 0 Å². The van der Waals surface area contributed by atoms with Crippen molar-refractivity contribution < 1.29 is 32.2 Å². The van der Waals surface area contributed by atoms with Crippen LogP contribution in [0.4, 0.5) is 22.4 Å². The molecular formula is C20H25F4NO3. The third-order valence-corrected chi connectivity index (χ3v) is 5.37. The lowest BCUT2D eigenvalue weighted by molar-refractivity contribution is -0.138. The van der Waals surface area contributed by atoms with Gasteiger partial charge in [-0.3, -0.25) is 0 Å². The van der Waals surface area contributed by atoms with E-state index < -0.39 is 34.9 Å². The molecule has 0 spiro atoms. The molecule has 28 heavy (non-hydrogen) atoms.